The number of nitrogen functional groups attached to an aromatic ring is 1. The zero-order valence-electron chi connectivity index (χ0n) is 19.0. The van der Waals surface area contributed by atoms with E-state index >= 15 is 0 Å². The molecule has 0 aliphatic rings. The second-order valence-corrected chi connectivity index (χ2v) is 10.7. The van der Waals surface area contributed by atoms with Gasteiger partial charge in [-0.15, -0.1) is 11.3 Å². The third-order valence-electron chi connectivity index (χ3n) is 5.45. The number of nitrogens with two attached hydrogens (primary N) is 1. The molecule has 4 rings (SSSR count). The minimum Gasteiger partial charge on any atom is -0.497 e. The Hall–Kier alpha value is -3.62. The minimum absolute atomic E-state index is 0.0555. The highest BCUT2D eigenvalue weighted by Crippen LogP contribution is 2.44. The summed E-state index contributed by atoms with van der Waals surface area (Å²) in [5.41, 5.74) is 9.43. The normalized spacial score (nSPS) is 11.3. The number of sulfone groups is 1. The third-order valence-corrected chi connectivity index (χ3v) is 8.55. The molecule has 174 valence electrons. The predicted molar refractivity (Wildman–Crippen MR) is 136 cm³/mol. The van der Waals surface area contributed by atoms with Crippen molar-refractivity contribution in [2.75, 3.05) is 18.2 Å². The van der Waals surface area contributed by atoms with Gasteiger partial charge in [-0.05, 0) is 49.7 Å². The number of ether oxygens (including phenoxy) is 1. The highest BCUT2D eigenvalue weighted by atomic mass is 32.2. The van der Waals surface area contributed by atoms with E-state index in [4.69, 9.17) is 10.5 Å². The molecule has 0 aliphatic carbocycles. The maximum absolute atomic E-state index is 13.7. The lowest BCUT2D eigenvalue weighted by molar-refractivity contribution is 0.104. The summed E-state index contributed by atoms with van der Waals surface area (Å²) in [6, 6.07) is 20.7. The van der Waals surface area contributed by atoms with Crippen molar-refractivity contribution in [2.24, 2.45) is 0 Å². The van der Waals surface area contributed by atoms with Crippen LogP contribution in [-0.4, -0.2) is 21.3 Å². The molecule has 1 heterocycles. The van der Waals surface area contributed by atoms with Crippen LogP contribution in [0.4, 0.5) is 16.4 Å². The Morgan fingerprint density at radius 3 is 2.21 bits per heavy atom. The molecule has 0 bridgehead atoms. The van der Waals surface area contributed by atoms with E-state index in [-0.39, 0.29) is 31.1 Å². The van der Waals surface area contributed by atoms with Crippen LogP contribution in [0.3, 0.4) is 0 Å². The first kappa shape index (κ1) is 23.5. The van der Waals surface area contributed by atoms with Crippen LogP contribution in [0.1, 0.15) is 26.4 Å². The van der Waals surface area contributed by atoms with Gasteiger partial charge in [0.05, 0.1) is 17.7 Å². The van der Waals surface area contributed by atoms with Gasteiger partial charge in [-0.1, -0.05) is 48.0 Å². The molecule has 0 saturated carbocycles. The molecule has 8 heteroatoms. The second kappa shape index (κ2) is 9.32. The Morgan fingerprint density at radius 1 is 0.941 bits per heavy atom. The van der Waals surface area contributed by atoms with E-state index in [0.717, 1.165) is 28.2 Å². The molecule has 0 saturated heterocycles. The van der Waals surface area contributed by atoms with Crippen molar-refractivity contribution in [1.29, 1.82) is 0 Å². The summed E-state index contributed by atoms with van der Waals surface area (Å²) in [6.45, 7) is 3.84. The van der Waals surface area contributed by atoms with Gasteiger partial charge >= 0.3 is 0 Å². The van der Waals surface area contributed by atoms with E-state index in [0.29, 0.717) is 11.3 Å². The molecule has 0 amide bonds. The largest absolute Gasteiger partial charge is 0.497 e. The van der Waals surface area contributed by atoms with E-state index in [9.17, 15) is 13.2 Å². The highest BCUT2D eigenvalue weighted by Gasteiger charge is 2.32. The summed E-state index contributed by atoms with van der Waals surface area (Å²) < 4.78 is 32.5. The van der Waals surface area contributed by atoms with E-state index in [1.54, 1.807) is 24.3 Å². The van der Waals surface area contributed by atoms with Gasteiger partial charge in [-0.2, -0.15) is 0 Å². The quantitative estimate of drug-likeness (QED) is 0.318. The Balaban J connectivity index is 1.88. The molecular formula is C26H24N2O4S2. The van der Waals surface area contributed by atoms with Crippen molar-refractivity contribution in [2.45, 2.75) is 23.6 Å². The molecule has 6 nitrogen and oxygen atoms in total. The van der Waals surface area contributed by atoms with E-state index in [2.05, 4.69) is 5.32 Å². The van der Waals surface area contributed by atoms with Crippen LogP contribution in [0.2, 0.25) is 0 Å². The Labute approximate surface area is 202 Å². The van der Waals surface area contributed by atoms with Gasteiger partial charge in [-0.25, -0.2) is 8.42 Å². The Morgan fingerprint density at radius 2 is 1.59 bits per heavy atom. The van der Waals surface area contributed by atoms with Crippen molar-refractivity contribution in [3.05, 3.63) is 94.4 Å². The molecule has 0 spiro atoms. The summed E-state index contributed by atoms with van der Waals surface area (Å²) >= 11 is 1.04. The standard InChI is InChI=1S/C26H24N2O4S2/c1-16-8-10-18(11-9-16)23(29)24-22(27)25(26(33-24)28-21-7-5-4-6-17(21)2)34(30,31)20-14-12-19(32-3)13-15-20/h4-15,28H,27H2,1-3H3. The van der Waals surface area contributed by atoms with Gasteiger partial charge in [0.25, 0.3) is 0 Å². The third kappa shape index (κ3) is 4.42. The van der Waals surface area contributed by atoms with E-state index < -0.39 is 9.84 Å². The molecule has 0 radical (unpaired) electrons. The highest BCUT2D eigenvalue weighted by molar-refractivity contribution is 7.92. The van der Waals surface area contributed by atoms with Gasteiger partial charge in [0.15, 0.2) is 0 Å². The molecule has 1 aromatic heterocycles. The van der Waals surface area contributed by atoms with Crippen LogP contribution in [0, 0.1) is 13.8 Å². The van der Waals surface area contributed by atoms with Gasteiger partial charge in [0.2, 0.25) is 15.6 Å². The zero-order chi connectivity index (χ0) is 24.5. The molecular weight excluding hydrogens is 468 g/mol. The molecule has 0 unspecified atom stereocenters. The first-order chi connectivity index (χ1) is 16.2. The smallest absolute Gasteiger partial charge is 0.211 e. The lowest BCUT2D eigenvalue weighted by Crippen LogP contribution is -2.08. The van der Waals surface area contributed by atoms with Crippen LogP contribution in [0.15, 0.2) is 82.6 Å². The van der Waals surface area contributed by atoms with Crippen LogP contribution in [-0.2, 0) is 9.84 Å². The van der Waals surface area contributed by atoms with Gasteiger partial charge in [-0.3, -0.25) is 4.79 Å². The van der Waals surface area contributed by atoms with Crippen LogP contribution in [0.25, 0.3) is 0 Å². The lowest BCUT2D eigenvalue weighted by Gasteiger charge is -2.11. The molecule has 34 heavy (non-hydrogen) atoms. The van der Waals surface area contributed by atoms with Gasteiger partial charge in [0.1, 0.15) is 20.5 Å². The Bertz CT molecular complexity index is 1460. The fraction of sp³-hybridized carbons (Fsp3) is 0.115. The zero-order valence-corrected chi connectivity index (χ0v) is 20.6. The van der Waals surface area contributed by atoms with Crippen LogP contribution < -0.4 is 15.8 Å². The van der Waals surface area contributed by atoms with E-state index in [1.807, 2.05) is 50.2 Å². The number of rotatable bonds is 7. The number of methoxy groups -OCH3 is 1. The lowest BCUT2D eigenvalue weighted by atomic mass is 10.1. The summed E-state index contributed by atoms with van der Waals surface area (Å²) in [5, 5.41) is 3.49. The van der Waals surface area contributed by atoms with Crippen LogP contribution in [0.5, 0.6) is 5.75 Å². The molecule has 0 aliphatic heterocycles. The minimum atomic E-state index is -4.04. The SMILES string of the molecule is COc1ccc(S(=O)(=O)c2c(Nc3ccccc3C)sc(C(=O)c3ccc(C)cc3)c2N)cc1. The number of hydrogen-bond donors (Lipinski definition) is 2. The van der Waals surface area contributed by atoms with Crippen molar-refractivity contribution in [3.8, 4) is 5.75 Å². The number of ketones is 1. The number of para-hydroxylation sites is 1. The van der Waals surface area contributed by atoms with Crippen molar-refractivity contribution in [3.63, 3.8) is 0 Å². The Kier molecular flexibility index (Phi) is 6.45. The monoisotopic (exact) mass is 492 g/mol. The topological polar surface area (TPSA) is 98.5 Å². The number of anilines is 3. The fourth-order valence-electron chi connectivity index (χ4n) is 3.49. The molecule has 3 N–H and O–H groups in total. The first-order valence-corrected chi connectivity index (χ1v) is 12.8. The molecule has 0 atom stereocenters. The number of carbonyl (C=O) groups excluding carboxylic acids is 1. The first-order valence-electron chi connectivity index (χ1n) is 10.5. The molecule has 4 aromatic rings. The number of carbonyl (C=O) groups is 1. The number of hydrogen-bond acceptors (Lipinski definition) is 7. The maximum Gasteiger partial charge on any atom is 0.211 e. The number of benzene rings is 3. The summed E-state index contributed by atoms with van der Waals surface area (Å²) in [7, 11) is -2.54. The second-order valence-electron chi connectivity index (χ2n) is 7.82. The summed E-state index contributed by atoms with van der Waals surface area (Å²) in [5.74, 6) is 0.206. The number of thiophene rings is 1. The van der Waals surface area contributed by atoms with E-state index in [1.165, 1.54) is 19.2 Å². The number of aryl methyl sites for hydroxylation is 2. The van der Waals surface area contributed by atoms with Gasteiger partial charge in [0, 0.05) is 11.3 Å². The van der Waals surface area contributed by atoms with Crippen molar-refractivity contribution < 1.29 is 17.9 Å². The summed E-state index contributed by atoms with van der Waals surface area (Å²) in [4.78, 5) is 13.4. The summed E-state index contributed by atoms with van der Waals surface area (Å²) in [6.07, 6.45) is 0. The maximum atomic E-state index is 13.7. The predicted octanol–water partition coefficient (Wildman–Crippen LogP) is 5.76. The fourth-order valence-corrected chi connectivity index (χ4v) is 6.42. The van der Waals surface area contributed by atoms with Crippen LogP contribution >= 0.6 is 11.3 Å². The molecule has 3 aromatic carbocycles. The van der Waals surface area contributed by atoms with Crippen molar-refractivity contribution >= 4 is 43.3 Å². The van der Waals surface area contributed by atoms with Crippen molar-refractivity contribution in [1.82, 2.24) is 0 Å². The average Bonchev–Trinajstić information content (AvgIpc) is 3.17. The average molecular weight is 493 g/mol. The molecule has 0 fully saturated rings. The van der Waals surface area contributed by atoms with Gasteiger partial charge < -0.3 is 15.8 Å². The number of nitrogens with one attached hydrogen (secondary N) is 1.